The van der Waals surface area contributed by atoms with Crippen molar-refractivity contribution in [2.45, 2.75) is 24.9 Å². The third kappa shape index (κ3) is 6.52. The molecule has 2 atom stereocenters. The minimum absolute atomic E-state index is 0.0609. The highest BCUT2D eigenvalue weighted by Gasteiger charge is 2.40. The van der Waals surface area contributed by atoms with Crippen LogP contribution in [0.1, 0.15) is 17.7 Å². The predicted octanol–water partition coefficient (Wildman–Crippen LogP) is 15.6. The van der Waals surface area contributed by atoms with Gasteiger partial charge < -0.3 is 18.9 Å². The summed E-state index contributed by atoms with van der Waals surface area (Å²) < 4.78 is 4.89. The second-order valence-electron chi connectivity index (χ2n) is 20.3. The first-order valence-corrected chi connectivity index (χ1v) is 26.3. The van der Waals surface area contributed by atoms with Crippen molar-refractivity contribution in [3.05, 3.63) is 288 Å². The van der Waals surface area contributed by atoms with E-state index in [1.807, 2.05) is 36.4 Å². The van der Waals surface area contributed by atoms with Crippen molar-refractivity contribution in [2.24, 2.45) is 0 Å². The molecule has 2 unspecified atom stereocenters. The molecule has 6 aliphatic rings. The van der Waals surface area contributed by atoms with Crippen LogP contribution in [0.25, 0.3) is 84.3 Å². The summed E-state index contributed by atoms with van der Waals surface area (Å²) in [5.74, 6) is 1.92. The zero-order valence-corrected chi connectivity index (χ0v) is 41.4. The second-order valence-corrected chi connectivity index (χ2v) is 20.3. The molecule has 0 amide bonds. The molecule has 3 aromatic heterocycles. The maximum Gasteiger partial charge on any atom is 0.164 e. The minimum atomic E-state index is 0.0609. The highest BCUT2D eigenvalue weighted by molar-refractivity contribution is 6.12. The van der Waals surface area contributed by atoms with Gasteiger partial charge in [0, 0.05) is 73.4 Å². The Labute approximate surface area is 440 Å². The van der Waals surface area contributed by atoms with Crippen molar-refractivity contribution in [2.75, 3.05) is 9.80 Å². The summed E-state index contributed by atoms with van der Waals surface area (Å²) in [6.45, 7) is 0. The van der Waals surface area contributed by atoms with Gasteiger partial charge in [0.1, 0.15) is 0 Å². The Hall–Kier alpha value is -9.85. The number of para-hydroxylation sites is 2. The Morgan fingerprint density at radius 1 is 0.408 bits per heavy atom. The number of fused-ring (bicyclic) bond motifs is 10. The number of allylic oxidation sites excluding steroid dienone is 9. The number of anilines is 2. The topological polar surface area (TPSA) is 55.0 Å². The summed E-state index contributed by atoms with van der Waals surface area (Å²) in [7, 11) is 0. The predicted molar refractivity (Wildman–Crippen MR) is 310 cm³/mol. The lowest BCUT2D eigenvalue weighted by molar-refractivity contribution is 0.914. The molecule has 0 fully saturated rings. The van der Waals surface area contributed by atoms with Gasteiger partial charge in [0.2, 0.25) is 0 Å². The van der Waals surface area contributed by atoms with Crippen LogP contribution >= 0.6 is 0 Å². The van der Waals surface area contributed by atoms with Gasteiger partial charge in [0.25, 0.3) is 0 Å². The molecule has 5 heterocycles. The van der Waals surface area contributed by atoms with Gasteiger partial charge in [-0.1, -0.05) is 158 Å². The van der Waals surface area contributed by atoms with Gasteiger partial charge in [-0.15, -0.1) is 0 Å². The van der Waals surface area contributed by atoms with Crippen LogP contribution in [0.3, 0.4) is 0 Å². The Bertz CT molecular complexity index is 4330. The van der Waals surface area contributed by atoms with Crippen molar-refractivity contribution in [3.8, 4) is 45.5 Å². The molecule has 2 aliphatic heterocycles. The average molecular weight is 974 g/mol. The van der Waals surface area contributed by atoms with E-state index >= 15 is 0 Å². The average Bonchev–Trinajstić information content (AvgIpc) is 4.22. The highest BCUT2D eigenvalue weighted by Crippen LogP contribution is 2.50. The van der Waals surface area contributed by atoms with Crippen molar-refractivity contribution in [1.29, 1.82) is 0 Å². The van der Waals surface area contributed by atoms with Crippen LogP contribution in [0.2, 0.25) is 0 Å². The van der Waals surface area contributed by atoms with E-state index in [2.05, 4.69) is 231 Å². The van der Waals surface area contributed by atoms with Crippen LogP contribution < -0.4 is 9.80 Å². The first kappa shape index (κ1) is 42.6. The van der Waals surface area contributed by atoms with Gasteiger partial charge in [-0.25, -0.2) is 15.0 Å². The molecule has 7 nitrogen and oxygen atoms in total. The van der Waals surface area contributed by atoms with Crippen LogP contribution in [0.4, 0.5) is 11.4 Å². The molecule has 0 N–H and O–H groups in total. The lowest BCUT2D eigenvalue weighted by Crippen LogP contribution is -2.30. The van der Waals surface area contributed by atoms with Crippen LogP contribution in [-0.2, 0) is 6.42 Å². The van der Waals surface area contributed by atoms with Crippen LogP contribution in [0.5, 0.6) is 0 Å². The molecule has 0 spiro atoms. The fourth-order valence-corrected chi connectivity index (χ4v) is 12.8. The maximum atomic E-state index is 5.07. The Kier molecular flexibility index (Phi) is 9.45. The van der Waals surface area contributed by atoms with Gasteiger partial charge in [0.05, 0.1) is 34.3 Å². The molecule has 4 aliphatic carbocycles. The van der Waals surface area contributed by atoms with E-state index in [-0.39, 0.29) is 12.1 Å². The van der Waals surface area contributed by atoms with E-state index in [9.17, 15) is 0 Å². The number of nitrogens with zero attached hydrogens (tertiary/aromatic N) is 7. The first-order valence-electron chi connectivity index (χ1n) is 26.3. The third-order valence-electron chi connectivity index (χ3n) is 16.1. The van der Waals surface area contributed by atoms with Crippen LogP contribution in [0.15, 0.2) is 276 Å². The molecule has 0 saturated heterocycles. The van der Waals surface area contributed by atoms with Gasteiger partial charge in [0.15, 0.2) is 17.5 Å². The van der Waals surface area contributed by atoms with Gasteiger partial charge in [-0.3, -0.25) is 0 Å². The summed E-state index contributed by atoms with van der Waals surface area (Å²) >= 11 is 0. The normalized spacial score (nSPS) is 17.9. The monoisotopic (exact) mass is 973 g/mol. The molecular formula is C69H47N7. The summed E-state index contributed by atoms with van der Waals surface area (Å²) in [4.78, 5) is 20.2. The zero-order valence-electron chi connectivity index (χ0n) is 41.4. The van der Waals surface area contributed by atoms with E-state index in [1.165, 1.54) is 78.0 Å². The molecule has 76 heavy (non-hydrogen) atoms. The Morgan fingerprint density at radius 2 is 0.921 bits per heavy atom. The van der Waals surface area contributed by atoms with E-state index in [0.29, 0.717) is 17.5 Å². The molecule has 7 aromatic carbocycles. The molecule has 0 radical (unpaired) electrons. The summed E-state index contributed by atoms with van der Waals surface area (Å²) in [6, 6.07) is 63.2. The van der Waals surface area contributed by atoms with Crippen molar-refractivity contribution < 1.29 is 0 Å². The number of rotatable bonds is 7. The third-order valence-corrected chi connectivity index (χ3v) is 16.1. The van der Waals surface area contributed by atoms with Crippen LogP contribution in [0, 0.1) is 0 Å². The highest BCUT2D eigenvalue weighted by atomic mass is 15.2. The van der Waals surface area contributed by atoms with E-state index in [0.717, 1.165) is 51.9 Å². The minimum Gasteiger partial charge on any atom is -0.330 e. The molecule has 10 aromatic rings. The number of hydrogen-bond donors (Lipinski definition) is 0. The lowest BCUT2D eigenvalue weighted by atomic mass is 9.90. The SMILES string of the molecule is C1=CCC2=C3C=CC=CC3N(c3ccc4c(c3)c3cc(N5C6=Cc7c(c8ccccc8n7-c7ccccc7)CC6=C6C=CC=CC65)ccc3n4-c3ccc(-c4nc(-c5ccccc5)nc(-c5ccccc5)n4)cc3)C2=C1. The Morgan fingerprint density at radius 3 is 1.55 bits per heavy atom. The molecule has 0 bridgehead atoms. The van der Waals surface area contributed by atoms with E-state index in [1.54, 1.807) is 0 Å². The maximum absolute atomic E-state index is 5.07. The molecule has 0 saturated carbocycles. The standard InChI is InChI=1S/C69H47N7/c1-4-18-44(19-5-1)67-70-68(45-20-6-2-7-21-45)72-69(71-67)46-32-34-48(35-33-46)73-63-38-36-49(75-59-28-14-10-24-51(59)52-25-11-15-29-60(52)75)40-55(63)56-41-50(37-39-64(56)73)76-62-31-17-13-27-54(62)58-42-57-53-26-12-16-30-61(53)74(65(57)43-66(58)76)47-22-8-3-9-23-47/h1-24,26-41,43,59,62H,25,42H2. The molecule has 16 rings (SSSR count). The Balaban J connectivity index is 0.869. The second kappa shape index (κ2) is 16.8. The molecule has 358 valence electrons. The molecule has 7 heteroatoms. The zero-order chi connectivity index (χ0) is 49.8. The number of hydrogen-bond acceptors (Lipinski definition) is 5. The fourth-order valence-electron chi connectivity index (χ4n) is 12.8. The molecular weight excluding hydrogens is 927 g/mol. The quantitative estimate of drug-likeness (QED) is 0.159. The van der Waals surface area contributed by atoms with Gasteiger partial charge in [-0.2, -0.15) is 0 Å². The lowest BCUT2D eigenvalue weighted by Gasteiger charge is -2.30. The number of benzene rings is 7. The fraction of sp³-hybridized carbons (Fsp3) is 0.0580. The van der Waals surface area contributed by atoms with Gasteiger partial charge >= 0.3 is 0 Å². The van der Waals surface area contributed by atoms with Crippen LogP contribution in [-0.4, -0.2) is 36.2 Å². The summed E-state index contributed by atoms with van der Waals surface area (Å²) in [6.07, 6.45) is 29.2. The summed E-state index contributed by atoms with van der Waals surface area (Å²) in [5, 5.41) is 3.70. The largest absolute Gasteiger partial charge is 0.330 e. The summed E-state index contributed by atoms with van der Waals surface area (Å²) in [5.41, 5.74) is 21.6. The number of aromatic nitrogens is 5. The van der Waals surface area contributed by atoms with E-state index < -0.39 is 0 Å². The van der Waals surface area contributed by atoms with E-state index in [4.69, 9.17) is 15.0 Å². The van der Waals surface area contributed by atoms with Crippen molar-refractivity contribution in [1.82, 2.24) is 24.1 Å². The van der Waals surface area contributed by atoms with Gasteiger partial charge in [-0.05, 0) is 125 Å². The first-order chi connectivity index (χ1) is 37.7. The van der Waals surface area contributed by atoms with Crippen molar-refractivity contribution in [3.63, 3.8) is 0 Å². The smallest absolute Gasteiger partial charge is 0.164 e. The van der Waals surface area contributed by atoms with Crippen molar-refractivity contribution >= 4 is 50.2 Å².